The highest BCUT2D eigenvalue weighted by Gasteiger charge is 2.59. The van der Waals surface area contributed by atoms with Crippen LogP contribution in [-0.2, 0) is 28.4 Å². The van der Waals surface area contributed by atoms with E-state index in [0.717, 1.165) is 99.5 Å². The Morgan fingerprint density at radius 2 is 1.60 bits per heavy atom. The topological polar surface area (TPSA) is 112 Å². The third kappa shape index (κ3) is 14.3. The first-order chi connectivity index (χ1) is 28.8. The fourth-order valence-electron chi connectivity index (χ4n) is 11.5. The summed E-state index contributed by atoms with van der Waals surface area (Å²) in [6.45, 7) is 26.1. The maximum Gasteiger partial charge on any atom is 0.407 e. The van der Waals surface area contributed by atoms with Gasteiger partial charge in [-0.15, -0.1) is 5.53 Å². The van der Waals surface area contributed by atoms with Crippen LogP contribution in [0.2, 0.25) is 0 Å². The van der Waals surface area contributed by atoms with E-state index in [1.165, 1.54) is 51.4 Å². The minimum absolute atomic E-state index is 0.0419. The minimum atomic E-state index is -0.333. The van der Waals surface area contributed by atoms with Crippen LogP contribution in [0, 0.1) is 51.8 Å². The number of ether oxygens (including phenoxy) is 6. The van der Waals surface area contributed by atoms with Gasteiger partial charge in [0.15, 0.2) is 0 Å². The molecule has 1 amide bonds. The van der Waals surface area contributed by atoms with Gasteiger partial charge in [0.25, 0.3) is 0 Å². The summed E-state index contributed by atoms with van der Waals surface area (Å²) >= 11 is 0. The molecule has 60 heavy (non-hydrogen) atoms. The molecule has 0 radical (unpaired) electrons. The van der Waals surface area contributed by atoms with Crippen molar-refractivity contribution in [2.24, 2.45) is 51.8 Å². The van der Waals surface area contributed by atoms with Crippen molar-refractivity contribution in [1.82, 2.24) is 21.3 Å². The van der Waals surface area contributed by atoms with Gasteiger partial charge in [0.05, 0.1) is 65.2 Å². The summed E-state index contributed by atoms with van der Waals surface area (Å²) in [5, 5.41) is 4.94. The van der Waals surface area contributed by atoms with Crippen LogP contribution in [-0.4, -0.2) is 96.4 Å². The van der Waals surface area contributed by atoms with Crippen LogP contribution in [0.15, 0.2) is 23.5 Å². The highest BCUT2D eigenvalue weighted by atomic mass is 16.6. The number of alkyl carbamates (subject to hydrolysis) is 1. The zero-order valence-corrected chi connectivity index (χ0v) is 39.4. The zero-order valence-electron chi connectivity index (χ0n) is 39.4. The SMILES string of the molecule is CCC(C)(C)COCCCCN1C=C(COCCOCCOCCOCCNC(=O)O[C@H]2CC[C@@]3(C)C(=CC[C@H]4[C@@H]5CC[C@H]([C@H](C)CCCC(C)C)[C@@]5(C)CC[C@@H]43)C2)NN1. The second-order valence-corrected chi connectivity index (χ2v) is 20.7. The van der Waals surface area contributed by atoms with Crippen molar-refractivity contribution < 1.29 is 33.2 Å². The summed E-state index contributed by atoms with van der Waals surface area (Å²) in [6, 6.07) is 0. The standard InChI is InChI=1S/C49H88N4O7/c1-9-47(5,6)36-59-25-11-10-24-53-34-40(51-52-53)35-58-32-31-57-30-29-56-28-27-55-26-23-50-46(54)60-41-19-21-48(7)39(33-41)15-16-42-44-18-17-43(38(4)14-12-13-37(2)3)49(44,8)22-20-45(42)48/h15,34,37-38,41-45,51-52H,9-14,16-33,35-36H2,1-8H3,(H,50,54)/t38-,41+,42+,43-,44+,45+,48+,49-/m1/s1. The van der Waals surface area contributed by atoms with Crippen LogP contribution >= 0.6 is 0 Å². The molecule has 0 spiro atoms. The molecule has 3 N–H and O–H groups in total. The molecule has 346 valence electrons. The van der Waals surface area contributed by atoms with Crippen molar-refractivity contribution in [2.45, 2.75) is 151 Å². The molecule has 0 unspecified atom stereocenters. The Labute approximate surface area is 365 Å². The van der Waals surface area contributed by atoms with Crippen LogP contribution in [0.5, 0.6) is 0 Å². The fraction of sp³-hybridized carbons (Fsp3) is 0.898. The van der Waals surface area contributed by atoms with Crippen molar-refractivity contribution in [3.8, 4) is 0 Å². The van der Waals surface area contributed by atoms with Crippen LogP contribution in [0.3, 0.4) is 0 Å². The maximum absolute atomic E-state index is 12.7. The van der Waals surface area contributed by atoms with Gasteiger partial charge in [0.1, 0.15) is 6.10 Å². The van der Waals surface area contributed by atoms with E-state index in [9.17, 15) is 4.79 Å². The third-order valence-corrected chi connectivity index (χ3v) is 15.5. The number of hydrogen-bond donors (Lipinski definition) is 3. The van der Waals surface area contributed by atoms with Crippen LogP contribution in [0.4, 0.5) is 4.79 Å². The number of unbranched alkanes of at least 4 members (excludes halogenated alkanes) is 1. The lowest BCUT2D eigenvalue weighted by molar-refractivity contribution is -0.0581. The number of amides is 1. The van der Waals surface area contributed by atoms with Crippen LogP contribution in [0.1, 0.15) is 145 Å². The number of nitrogens with one attached hydrogen (secondary N) is 3. The molecular formula is C49H88N4O7. The molecule has 8 atom stereocenters. The number of carbonyl (C=O) groups is 1. The lowest BCUT2D eigenvalue weighted by Gasteiger charge is -2.58. The van der Waals surface area contributed by atoms with Crippen LogP contribution < -0.4 is 16.3 Å². The lowest BCUT2D eigenvalue weighted by Crippen LogP contribution is -2.51. The molecule has 5 rings (SSSR count). The van der Waals surface area contributed by atoms with E-state index in [-0.39, 0.29) is 23.0 Å². The fourth-order valence-corrected chi connectivity index (χ4v) is 11.5. The third-order valence-electron chi connectivity index (χ3n) is 15.5. The molecule has 4 aliphatic carbocycles. The molecule has 0 aromatic rings. The Hall–Kier alpha value is -1.89. The van der Waals surface area contributed by atoms with E-state index >= 15 is 0 Å². The molecule has 0 saturated heterocycles. The molecule has 5 aliphatic rings. The van der Waals surface area contributed by atoms with E-state index in [1.54, 1.807) is 5.57 Å². The lowest BCUT2D eigenvalue weighted by atomic mass is 9.47. The summed E-state index contributed by atoms with van der Waals surface area (Å²) in [5.41, 5.74) is 9.91. The number of allylic oxidation sites excluding steroid dienone is 1. The number of nitrogens with zero attached hydrogens (tertiary/aromatic N) is 1. The molecule has 0 aromatic heterocycles. The quantitative estimate of drug-likeness (QED) is 0.0520. The van der Waals surface area contributed by atoms with Gasteiger partial charge in [-0.3, -0.25) is 5.01 Å². The predicted octanol–water partition coefficient (Wildman–Crippen LogP) is 9.59. The number of carbonyl (C=O) groups excluding carboxylic acids is 1. The zero-order chi connectivity index (χ0) is 43.0. The number of rotatable bonds is 28. The van der Waals surface area contributed by atoms with E-state index in [1.807, 2.05) is 5.01 Å². The maximum atomic E-state index is 12.7. The summed E-state index contributed by atoms with van der Waals surface area (Å²) in [4.78, 5) is 12.7. The first kappa shape index (κ1) is 49.1. The summed E-state index contributed by atoms with van der Waals surface area (Å²) < 4.78 is 34.5. The molecule has 1 heterocycles. The van der Waals surface area contributed by atoms with Crippen molar-refractivity contribution >= 4 is 6.09 Å². The van der Waals surface area contributed by atoms with E-state index in [4.69, 9.17) is 28.4 Å². The first-order valence-electron chi connectivity index (χ1n) is 24.4. The summed E-state index contributed by atoms with van der Waals surface area (Å²) in [6.07, 6.45) is 21.5. The highest BCUT2D eigenvalue weighted by molar-refractivity contribution is 5.67. The van der Waals surface area contributed by atoms with Crippen molar-refractivity contribution in [3.05, 3.63) is 23.5 Å². The van der Waals surface area contributed by atoms with Gasteiger partial charge in [-0.2, -0.15) is 0 Å². The normalized spacial score (nSPS) is 29.4. The van der Waals surface area contributed by atoms with E-state index in [2.05, 4.69) is 83.9 Å². The van der Waals surface area contributed by atoms with Gasteiger partial charge >= 0.3 is 6.09 Å². The van der Waals surface area contributed by atoms with Gasteiger partial charge < -0.3 is 39.2 Å². The molecule has 11 nitrogen and oxygen atoms in total. The average molecular weight is 845 g/mol. The molecule has 3 saturated carbocycles. The van der Waals surface area contributed by atoms with Gasteiger partial charge in [0.2, 0.25) is 0 Å². The average Bonchev–Trinajstić information content (AvgIpc) is 3.82. The first-order valence-corrected chi connectivity index (χ1v) is 24.4. The summed E-state index contributed by atoms with van der Waals surface area (Å²) in [5.74, 6) is 5.01. The monoisotopic (exact) mass is 845 g/mol. The second kappa shape index (κ2) is 24.2. The second-order valence-electron chi connectivity index (χ2n) is 20.7. The van der Waals surface area contributed by atoms with E-state index < -0.39 is 0 Å². The van der Waals surface area contributed by atoms with Gasteiger partial charge in [-0.1, -0.05) is 86.3 Å². The molecule has 0 aromatic carbocycles. The molecule has 3 fully saturated rings. The van der Waals surface area contributed by atoms with Gasteiger partial charge in [-0.05, 0) is 116 Å². The molecule has 1 aliphatic heterocycles. The summed E-state index contributed by atoms with van der Waals surface area (Å²) in [7, 11) is 0. The highest BCUT2D eigenvalue weighted by Crippen LogP contribution is 2.67. The Bertz CT molecular complexity index is 1340. The van der Waals surface area contributed by atoms with Gasteiger partial charge in [0, 0.05) is 32.3 Å². The number of hydrazine groups is 2. The smallest absolute Gasteiger partial charge is 0.407 e. The van der Waals surface area contributed by atoms with Crippen molar-refractivity contribution in [1.29, 1.82) is 0 Å². The molecule has 0 bridgehead atoms. The molecular weight excluding hydrogens is 757 g/mol. The van der Waals surface area contributed by atoms with E-state index in [0.29, 0.717) is 64.8 Å². The predicted molar refractivity (Wildman–Crippen MR) is 240 cm³/mol. The van der Waals surface area contributed by atoms with Crippen LogP contribution in [0.25, 0.3) is 0 Å². The Balaban J connectivity index is 0.839. The van der Waals surface area contributed by atoms with Crippen molar-refractivity contribution in [2.75, 3.05) is 79.2 Å². The van der Waals surface area contributed by atoms with Gasteiger partial charge in [-0.25, -0.2) is 4.79 Å². The van der Waals surface area contributed by atoms with Crippen molar-refractivity contribution in [3.63, 3.8) is 0 Å². The Morgan fingerprint density at radius 1 is 0.867 bits per heavy atom. The minimum Gasteiger partial charge on any atom is -0.446 e. The Morgan fingerprint density at radius 3 is 2.33 bits per heavy atom. The number of fused-ring (bicyclic) bond motifs is 5. The number of hydrogen-bond acceptors (Lipinski definition) is 10. The largest absolute Gasteiger partial charge is 0.446 e. The molecule has 11 heteroatoms. The Kier molecular flexibility index (Phi) is 19.9.